The molecule has 2 aliphatic carbocycles. The minimum Gasteiger partial charge on any atom is -0.154 e. The topological polar surface area (TPSA) is 0 Å². The van der Waals surface area contributed by atoms with Crippen LogP contribution in [0.3, 0.4) is 0 Å². The summed E-state index contributed by atoms with van der Waals surface area (Å²) in [6, 6.07) is 0. The molecule has 0 amide bonds. The van der Waals surface area contributed by atoms with Crippen molar-refractivity contribution >= 4 is 11.8 Å². The third-order valence-electron chi connectivity index (χ3n) is 8.38. The highest BCUT2D eigenvalue weighted by atomic mass is 32.2. The van der Waals surface area contributed by atoms with Crippen molar-refractivity contribution in [3.8, 4) is 0 Å². The van der Waals surface area contributed by atoms with Crippen LogP contribution in [0.15, 0.2) is 0 Å². The molecule has 29 heavy (non-hydrogen) atoms. The molecule has 0 N–H and O–H groups in total. The highest BCUT2D eigenvalue weighted by Crippen LogP contribution is 2.47. The van der Waals surface area contributed by atoms with Crippen LogP contribution in [-0.2, 0) is 0 Å². The van der Waals surface area contributed by atoms with Crippen molar-refractivity contribution in [2.75, 3.05) is 0 Å². The second-order valence-corrected chi connectivity index (χ2v) is 11.8. The molecule has 0 heterocycles. The molecular formula is C28H54S. The molecule has 2 aliphatic rings. The van der Waals surface area contributed by atoms with Crippen LogP contribution < -0.4 is 0 Å². The highest BCUT2D eigenvalue weighted by molar-refractivity contribution is 8.00. The Kier molecular flexibility index (Phi) is 13.4. The Morgan fingerprint density at radius 2 is 0.966 bits per heavy atom. The van der Waals surface area contributed by atoms with Crippen molar-refractivity contribution in [2.45, 2.75) is 154 Å². The SMILES string of the molecule is CCCCC(CC)C(SC(C(CC)CCCC)C1CCCCC1)C1CCCCC1. The molecule has 2 saturated carbocycles. The molecule has 0 aromatic heterocycles. The zero-order valence-corrected chi connectivity index (χ0v) is 21.4. The molecule has 0 bridgehead atoms. The first-order chi connectivity index (χ1) is 14.2. The van der Waals surface area contributed by atoms with E-state index in [-0.39, 0.29) is 0 Å². The normalized spacial score (nSPS) is 23.6. The van der Waals surface area contributed by atoms with Crippen LogP contribution in [0.5, 0.6) is 0 Å². The van der Waals surface area contributed by atoms with Gasteiger partial charge in [-0.25, -0.2) is 0 Å². The van der Waals surface area contributed by atoms with Crippen LogP contribution in [0, 0.1) is 23.7 Å². The second-order valence-electron chi connectivity index (χ2n) is 10.5. The average Bonchev–Trinajstić information content (AvgIpc) is 2.78. The number of unbranched alkanes of at least 4 members (excludes halogenated alkanes) is 2. The maximum atomic E-state index is 2.57. The first-order valence-corrected chi connectivity index (χ1v) is 14.8. The van der Waals surface area contributed by atoms with E-state index >= 15 is 0 Å². The van der Waals surface area contributed by atoms with E-state index in [1.807, 2.05) is 0 Å². The third-order valence-corrected chi connectivity index (χ3v) is 10.5. The summed E-state index contributed by atoms with van der Waals surface area (Å²) in [5, 5.41) is 1.91. The maximum absolute atomic E-state index is 2.57. The standard InChI is InChI=1S/C28H54S/c1-5-9-17-23(7-3)27(25-19-13-11-14-20-25)29-28(24(8-4)18-10-6-2)26-21-15-12-16-22-26/h23-28H,5-22H2,1-4H3. The molecular weight excluding hydrogens is 368 g/mol. The summed E-state index contributed by atoms with van der Waals surface area (Å²) in [5.41, 5.74) is 0. The van der Waals surface area contributed by atoms with Gasteiger partial charge in [-0.05, 0) is 62.2 Å². The van der Waals surface area contributed by atoms with Gasteiger partial charge in [0, 0.05) is 10.5 Å². The van der Waals surface area contributed by atoms with Gasteiger partial charge in [0.1, 0.15) is 0 Å². The molecule has 0 aromatic rings. The monoisotopic (exact) mass is 422 g/mol. The van der Waals surface area contributed by atoms with Crippen molar-refractivity contribution in [3.05, 3.63) is 0 Å². The minimum absolute atomic E-state index is 0.953. The Balaban J connectivity index is 2.20. The van der Waals surface area contributed by atoms with E-state index in [4.69, 9.17) is 0 Å². The van der Waals surface area contributed by atoms with Crippen LogP contribution in [0.1, 0.15) is 143 Å². The summed E-state index contributed by atoms with van der Waals surface area (Å²) in [4.78, 5) is 0. The molecule has 0 spiro atoms. The Morgan fingerprint density at radius 1 is 0.586 bits per heavy atom. The van der Waals surface area contributed by atoms with Crippen molar-refractivity contribution in [1.82, 2.24) is 0 Å². The quantitative estimate of drug-likeness (QED) is 0.268. The van der Waals surface area contributed by atoms with Gasteiger partial charge in [-0.1, -0.05) is 105 Å². The number of hydrogen-bond donors (Lipinski definition) is 0. The molecule has 4 unspecified atom stereocenters. The number of rotatable bonds is 14. The Hall–Kier alpha value is 0.350. The van der Waals surface area contributed by atoms with Crippen LogP contribution >= 0.6 is 11.8 Å². The summed E-state index contributed by atoms with van der Waals surface area (Å²) in [7, 11) is 0. The summed E-state index contributed by atoms with van der Waals surface area (Å²) in [5.74, 6) is 3.98. The Bertz CT molecular complexity index is 344. The van der Waals surface area contributed by atoms with Gasteiger partial charge < -0.3 is 0 Å². The van der Waals surface area contributed by atoms with Gasteiger partial charge in [0.25, 0.3) is 0 Å². The van der Waals surface area contributed by atoms with E-state index in [9.17, 15) is 0 Å². The predicted molar refractivity (Wildman–Crippen MR) is 135 cm³/mol. The average molecular weight is 423 g/mol. The summed E-state index contributed by atoms with van der Waals surface area (Å²) < 4.78 is 0. The Morgan fingerprint density at radius 3 is 1.28 bits per heavy atom. The summed E-state index contributed by atoms with van der Waals surface area (Å²) >= 11 is 2.57. The summed E-state index contributed by atoms with van der Waals surface area (Å²) in [6.45, 7) is 9.78. The Labute approximate surface area is 189 Å². The van der Waals surface area contributed by atoms with Crippen molar-refractivity contribution in [3.63, 3.8) is 0 Å². The van der Waals surface area contributed by atoms with E-state index in [2.05, 4.69) is 39.5 Å². The smallest absolute Gasteiger partial charge is 0.0106 e. The van der Waals surface area contributed by atoms with Gasteiger partial charge in [0.05, 0.1) is 0 Å². The fourth-order valence-corrected chi connectivity index (χ4v) is 8.91. The fourth-order valence-electron chi connectivity index (χ4n) is 6.46. The van der Waals surface area contributed by atoms with Crippen molar-refractivity contribution < 1.29 is 0 Å². The fraction of sp³-hybridized carbons (Fsp3) is 1.00. The van der Waals surface area contributed by atoms with Crippen LogP contribution in [-0.4, -0.2) is 10.5 Å². The highest BCUT2D eigenvalue weighted by Gasteiger charge is 2.37. The molecule has 4 atom stereocenters. The van der Waals surface area contributed by atoms with Gasteiger partial charge in [-0.2, -0.15) is 11.8 Å². The molecule has 1 heteroatoms. The van der Waals surface area contributed by atoms with E-state index in [0.29, 0.717) is 0 Å². The maximum Gasteiger partial charge on any atom is 0.0106 e. The molecule has 0 nitrogen and oxygen atoms in total. The van der Waals surface area contributed by atoms with Crippen molar-refractivity contribution in [1.29, 1.82) is 0 Å². The zero-order valence-electron chi connectivity index (χ0n) is 20.6. The number of hydrogen-bond acceptors (Lipinski definition) is 1. The first kappa shape index (κ1) is 25.6. The molecule has 0 radical (unpaired) electrons. The third kappa shape index (κ3) is 8.42. The lowest BCUT2D eigenvalue weighted by Crippen LogP contribution is -2.36. The van der Waals surface area contributed by atoms with Gasteiger partial charge in [0.15, 0.2) is 0 Å². The second kappa shape index (κ2) is 15.2. The lowest BCUT2D eigenvalue weighted by Gasteiger charge is -2.42. The predicted octanol–water partition coefficient (Wildman–Crippen LogP) is 10.1. The molecule has 2 fully saturated rings. The lowest BCUT2D eigenvalue weighted by molar-refractivity contribution is 0.265. The van der Waals surface area contributed by atoms with E-state index < -0.39 is 0 Å². The van der Waals surface area contributed by atoms with Crippen LogP contribution in [0.25, 0.3) is 0 Å². The first-order valence-electron chi connectivity index (χ1n) is 13.9. The number of thioether (sulfide) groups is 1. The van der Waals surface area contributed by atoms with Crippen LogP contribution in [0.4, 0.5) is 0 Å². The van der Waals surface area contributed by atoms with Gasteiger partial charge >= 0.3 is 0 Å². The zero-order chi connectivity index (χ0) is 20.9. The van der Waals surface area contributed by atoms with Gasteiger partial charge in [-0.15, -0.1) is 0 Å². The van der Waals surface area contributed by atoms with E-state index in [1.54, 1.807) is 0 Å². The molecule has 172 valence electrons. The molecule has 0 saturated heterocycles. The van der Waals surface area contributed by atoms with Crippen LogP contribution in [0.2, 0.25) is 0 Å². The van der Waals surface area contributed by atoms with Gasteiger partial charge in [0.2, 0.25) is 0 Å². The van der Waals surface area contributed by atoms with E-state index in [0.717, 1.165) is 34.2 Å². The molecule has 0 aromatic carbocycles. The largest absolute Gasteiger partial charge is 0.154 e. The lowest BCUT2D eigenvalue weighted by atomic mass is 9.79. The van der Waals surface area contributed by atoms with Gasteiger partial charge in [-0.3, -0.25) is 0 Å². The van der Waals surface area contributed by atoms with E-state index in [1.165, 1.54) is 116 Å². The summed E-state index contributed by atoms with van der Waals surface area (Å²) in [6.07, 6.45) is 26.6. The molecule has 0 aliphatic heterocycles. The van der Waals surface area contributed by atoms with Crippen molar-refractivity contribution in [2.24, 2.45) is 23.7 Å². The molecule has 2 rings (SSSR count). The minimum atomic E-state index is 0.953.